The van der Waals surface area contributed by atoms with Crippen LogP contribution in [0.4, 0.5) is 13.2 Å². The molecule has 1 aliphatic heterocycles. The Kier molecular flexibility index (Phi) is 7.66. The van der Waals surface area contributed by atoms with Gasteiger partial charge in [0.05, 0.1) is 24.0 Å². The highest BCUT2D eigenvalue weighted by atomic mass is 19.4. The standard InChI is InChI=1S/C26H27F3N4O2/c1-15-8-16(2)22(9-21(15)24(32)17(3)23(31)13-35-14-26(27,28)29)25(34)33-11-20(12-33)19-6-4-18(10-30)5-7-19/h4-9,20,31H,11-14,32H2,1-3H3/b24-17-,31-23?. The lowest BCUT2D eigenvalue weighted by atomic mass is 9.89. The van der Waals surface area contributed by atoms with E-state index in [0.29, 0.717) is 35.4 Å². The summed E-state index contributed by atoms with van der Waals surface area (Å²) in [5.74, 6) is 0.0592. The zero-order valence-corrected chi connectivity index (χ0v) is 19.8. The Balaban J connectivity index is 1.74. The van der Waals surface area contributed by atoms with Crippen LogP contribution in [-0.4, -0.2) is 49.0 Å². The number of halogens is 3. The van der Waals surface area contributed by atoms with Gasteiger partial charge in [0.25, 0.3) is 5.91 Å². The lowest BCUT2D eigenvalue weighted by Gasteiger charge is -2.40. The van der Waals surface area contributed by atoms with Gasteiger partial charge in [0.1, 0.15) is 6.61 Å². The van der Waals surface area contributed by atoms with Crippen LogP contribution in [0.25, 0.3) is 5.70 Å². The topological polar surface area (TPSA) is 103 Å². The number of nitrogens with zero attached hydrogens (tertiary/aromatic N) is 2. The molecule has 1 fully saturated rings. The van der Waals surface area contributed by atoms with Gasteiger partial charge in [0, 0.05) is 35.8 Å². The first-order valence-corrected chi connectivity index (χ1v) is 11.0. The van der Waals surface area contributed by atoms with Gasteiger partial charge in [-0.25, -0.2) is 0 Å². The summed E-state index contributed by atoms with van der Waals surface area (Å²) in [6, 6.07) is 12.9. The van der Waals surface area contributed by atoms with E-state index in [1.165, 1.54) is 0 Å². The highest BCUT2D eigenvalue weighted by Gasteiger charge is 2.33. The quantitative estimate of drug-likeness (QED) is 0.556. The minimum Gasteiger partial charge on any atom is -0.398 e. The second-order valence-corrected chi connectivity index (χ2v) is 8.75. The van der Waals surface area contributed by atoms with Gasteiger partial charge in [-0.05, 0) is 61.2 Å². The van der Waals surface area contributed by atoms with Crippen LogP contribution in [-0.2, 0) is 4.74 Å². The number of likely N-dealkylation sites (tertiary alicyclic amines) is 1. The monoisotopic (exact) mass is 484 g/mol. The van der Waals surface area contributed by atoms with Crippen molar-refractivity contribution < 1.29 is 22.7 Å². The number of amides is 1. The molecule has 0 aromatic heterocycles. The van der Waals surface area contributed by atoms with Crippen LogP contribution in [0.3, 0.4) is 0 Å². The van der Waals surface area contributed by atoms with Crippen molar-refractivity contribution in [2.75, 3.05) is 26.3 Å². The summed E-state index contributed by atoms with van der Waals surface area (Å²) in [7, 11) is 0. The van der Waals surface area contributed by atoms with Crippen molar-refractivity contribution in [2.45, 2.75) is 32.9 Å². The van der Waals surface area contributed by atoms with Gasteiger partial charge in [-0.2, -0.15) is 18.4 Å². The molecule has 1 saturated heterocycles. The molecule has 184 valence electrons. The average molecular weight is 485 g/mol. The van der Waals surface area contributed by atoms with Crippen LogP contribution in [0.2, 0.25) is 0 Å². The third-order valence-corrected chi connectivity index (χ3v) is 6.14. The third kappa shape index (κ3) is 6.08. The summed E-state index contributed by atoms with van der Waals surface area (Å²) >= 11 is 0. The van der Waals surface area contributed by atoms with Gasteiger partial charge in [-0.15, -0.1) is 0 Å². The number of carbonyl (C=O) groups is 1. The van der Waals surface area contributed by atoms with Crippen LogP contribution >= 0.6 is 0 Å². The zero-order chi connectivity index (χ0) is 25.9. The number of benzene rings is 2. The number of rotatable bonds is 7. The molecule has 0 bridgehead atoms. The first kappa shape index (κ1) is 26.0. The van der Waals surface area contributed by atoms with Crippen molar-refractivity contribution in [1.82, 2.24) is 4.90 Å². The predicted octanol–water partition coefficient (Wildman–Crippen LogP) is 4.70. The first-order chi connectivity index (χ1) is 16.4. The third-order valence-electron chi connectivity index (χ3n) is 6.14. The summed E-state index contributed by atoms with van der Waals surface area (Å²) in [5.41, 5.74) is 10.9. The second-order valence-electron chi connectivity index (χ2n) is 8.75. The Bertz CT molecular complexity index is 1200. The second kappa shape index (κ2) is 10.3. The molecule has 3 rings (SSSR count). The summed E-state index contributed by atoms with van der Waals surface area (Å²) < 4.78 is 41.5. The lowest BCUT2D eigenvalue weighted by molar-refractivity contribution is -0.170. The lowest BCUT2D eigenvalue weighted by Crippen LogP contribution is -2.48. The molecule has 1 heterocycles. The van der Waals surface area contributed by atoms with Gasteiger partial charge in [-0.1, -0.05) is 18.2 Å². The fourth-order valence-electron chi connectivity index (χ4n) is 3.97. The first-order valence-electron chi connectivity index (χ1n) is 11.0. The normalized spacial score (nSPS) is 14.7. The molecule has 0 unspecified atom stereocenters. The van der Waals surface area contributed by atoms with E-state index in [1.54, 1.807) is 30.0 Å². The maximum absolute atomic E-state index is 13.2. The molecule has 0 aliphatic carbocycles. The Labute approximate surface area is 202 Å². The molecule has 0 radical (unpaired) electrons. The van der Waals surface area contributed by atoms with E-state index in [9.17, 15) is 18.0 Å². The highest BCUT2D eigenvalue weighted by Crippen LogP contribution is 2.30. The summed E-state index contributed by atoms with van der Waals surface area (Å²) in [6.45, 7) is 4.36. The number of aryl methyl sites for hydroxylation is 2. The Morgan fingerprint density at radius 2 is 1.77 bits per heavy atom. The molecule has 1 amide bonds. The number of nitriles is 1. The van der Waals surface area contributed by atoms with Crippen molar-refractivity contribution in [2.24, 2.45) is 5.73 Å². The van der Waals surface area contributed by atoms with Gasteiger partial charge < -0.3 is 20.8 Å². The van der Waals surface area contributed by atoms with E-state index >= 15 is 0 Å². The summed E-state index contributed by atoms with van der Waals surface area (Å²) in [6.07, 6.45) is -4.47. The van der Waals surface area contributed by atoms with Crippen LogP contribution in [0.1, 0.15) is 51.0 Å². The Hall–Kier alpha value is -3.64. The molecule has 2 aromatic rings. The largest absolute Gasteiger partial charge is 0.411 e. The van der Waals surface area contributed by atoms with E-state index in [-0.39, 0.29) is 23.2 Å². The molecule has 0 saturated carbocycles. The van der Waals surface area contributed by atoms with E-state index < -0.39 is 19.4 Å². The molecule has 2 aromatic carbocycles. The molecule has 0 atom stereocenters. The Morgan fingerprint density at radius 1 is 1.17 bits per heavy atom. The number of hydrogen-bond acceptors (Lipinski definition) is 5. The van der Waals surface area contributed by atoms with Crippen LogP contribution < -0.4 is 5.73 Å². The number of alkyl halides is 3. The maximum Gasteiger partial charge on any atom is 0.411 e. The SMILES string of the molecule is C/C(C(=N)COCC(F)(F)F)=C(/N)c1cc(C(=O)N2CC(c3ccc(C#N)cc3)C2)c(C)cc1C. The fourth-order valence-corrected chi connectivity index (χ4v) is 3.97. The number of hydrogen-bond donors (Lipinski definition) is 2. The van der Waals surface area contributed by atoms with E-state index in [0.717, 1.165) is 16.7 Å². The van der Waals surface area contributed by atoms with Crippen molar-refractivity contribution in [3.63, 3.8) is 0 Å². The van der Waals surface area contributed by atoms with Gasteiger partial charge >= 0.3 is 6.18 Å². The number of nitrogens with two attached hydrogens (primary N) is 1. The van der Waals surface area contributed by atoms with Crippen molar-refractivity contribution in [3.05, 3.63) is 75.4 Å². The van der Waals surface area contributed by atoms with Gasteiger partial charge in [-0.3, -0.25) is 4.79 Å². The minimum atomic E-state index is -4.47. The van der Waals surface area contributed by atoms with Crippen molar-refractivity contribution in [3.8, 4) is 6.07 Å². The molecule has 3 N–H and O–H groups in total. The Morgan fingerprint density at radius 3 is 2.34 bits per heavy atom. The average Bonchev–Trinajstić information content (AvgIpc) is 2.76. The van der Waals surface area contributed by atoms with E-state index in [1.807, 2.05) is 32.0 Å². The van der Waals surface area contributed by atoms with Crippen LogP contribution in [0.15, 0.2) is 42.0 Å². The highest BCUT2D eigenvalue weighted by molar-refractivity contribution is 6.05. The number of ether oxygens (including phenoxy) is 1. The summed E-state index contributed by atoms with van der Waals surface area (Å²) in [4.78, 5) is 14.9. The number of carbonyl (C=O) groups excluding carboxylic acids is 1. The molecular formula is C26H27F3N4O2. The maximum atomic E-state index is 13.2. The van der Waals surface area contributed by atoms with Gasteiger partial charge in [0.2, 0.25) is 0 Å². The molecule has 0 spiro atoms. The van der Waals surface area contributed by atoms with Crippen LogP contribution in [0, 0.1) is 30.6 Å². The van der Waals surface area contributed by atoms with E-state index in [4.69, 9.17) is 16.4 Å². The van der Waals surface area contributed by atoms with Crippen molar-refractivity contribution >= 4 is 17.3 Å². The number of nitrogens with one attached hydrogen (secondary N) is 1. The zero-order valence-electron chi connectivity index (χ0n) is 19.8. The van der Waals surface area contributed by atoms with Crippen molar-refractivity contribution in [1.29, 1.82) is 10.7 Å². The van der Waals surface area contributed by atoms with Gasteiger partial charge in [0.15, 0.2) is 0 Å². The fraction of sp³-hybridized carbons (Fsp3) is 0.346. The molecule has 9 heteroatoms. The van der Waals surface area contributed by atoms with Crippen LogP contribution in [0.5, 0.6) is 0 Å². The molecular weight excluding hydrogens is 457 g/mol. The van der Waals surface area contributed by atoms with E-state index in [2.05, 4.69) is 10.8 Å². The predicted molar refractivity (Wildman–Crippen MR) is 127 cm³/mol. The molecule has 35 heavy (non-hydrogen) atoms. The summed E-state index contributed by atoms with van der Waals surface area (Å²) in [5, 5.41) is 17.0. The smallest absolute Gasteiger partial charge is 0.398 e. The molecule has 1 aliphatic rings. The molecule has 6 nitrogen and oxygen atoms in total. The minimum absolute atomic E-state index is 0.136.